The van der Waals surface area contributed by atoms with Crippen molar-refractivity contribution < 1.29 is 19.0 Å². The molecule has 0 bridgehead atoms. The summed E-state index contributed by atoms with van der Waals surface area (Å²) in [5, 5.41) is 12.4. The van der Waals surface area contributed by atoms with Crippen molar-refractivity contribution in [1.29, 1.82) is 0 Å². The number of aryl methyl sites for hydroxylation is 1. The topological polar surface area (TPSA) is 58.6 Å². The predicted molar refractivity (Wildman–Crippen MR) is 70.2 cm³/mol. The van der Waals surface area contributed by atoms with Crippen molar-refractivity contribution >= 4 is 5.91 Å². The Balaban J connectivity index is 2.35. The van der Waals surface area contributed by atoms with Crippen LogP contribution in [0, 0.1) is 5.82 Å². The van der Waals surface area contributed by atoms with Gasteiger partial charge >= 0.3 is 0 Å². The third-order valence-electron chi connectivity index (χ3n) is 2.70. The van der Waals surface area contributed by atoms with Gasteiger partial charge in [-0.1, -0.05) is 18.2 Å². The molecule has 0 aromatic heterocycles. The smallest absolute Gasteiger partial charge is 0.220 e. The van der Waals surface area contributed by atoms with E-state index in [2.05, 4.69) is 5.32 Å². The number of methoxy groups -OCH3 is 1. The molecule has 0 heterocycles. The first kappa shape index (κ1) is 15.6. The second kappa shape index (κ2) is 7.21. The summed E-state index contributed by atoms with van der Waals surface area (Å²) in [6.45, 7) is 1.82. The van der Waals surface area contributed by atoms with Crippen molar-refractivity contribution in [3.8, 4) is 0 Å². The van der Waals surface area contributed by atoms with E-state index in [4.69, 9.17) is 4.74 Å². The highest BCUT2D eigenvalue weighted by Crippen LogP contribution is 2.09. The van der Waals surface area contributed by atoms with Crippen molar-refractivity contribution in [2.24, 2.45) is 0 Å². The van der Waals surface area contributed by atoms with Gasteiger partial charge in [-0.05, 0) is 25.0 Å². The molecule has 2 N–H and O–H groups in total. The van der Waals surface area contributed by atoms with Gasteiger partial charge in [0.15, 0.2) is 0 Å². The standard InChI is InChI=1S/C14H20FNO3/c1-14(18,10-19-2)9-16-13(17)8-7-11-5-3-4-6-12(11)15/h3-6,18H,7-10H2,1-2H3,(H,16,17)/t14-/m0/s1. The Hall–Kier alpha value is -1.46. The first-order chi connectivity index (χ1) is 8.94. The van der Waals surface area contributed by atoms with E-state index in [9.17, 15) is 14.3 Å². The van der Waals surface area contributed by atoms with E-state index >= 15 is 0 Å². The summed E-state index contributed by atoms with van der Waals surface area (Å²) in [6.07, 6.45) is 0.523. The number of rotatable bonds is 7. The normalized spacial score (nSPS) is 13.9. The van der Waals surface area contributed by atoms with Crippen LogP contribution in [-0.2, 0) is 16.0 Å². The van der Waals surface area contributed by atoms with E-state index in [1.54, 1.807) is 25.1 Å². The second-order valence-corrected chi connectivity index (χ2v) is 4.80. The maximum atomic E-state index is 13.3. The fourth-order valence-corrected chi connectivity index (χ4v) is 1.69. The van der Waals surface area contributed by atoms with Crippen LogP contribution in [-0.4, -0.2) is 36.9 Å². The van der Waals surface area contributed by atoms with Gasteiger partial charge in [0.25, 0.3) is 0 Å². The van der Waals surface area contributed by atoms with E-state index in [1.165, 1.54) is 13.2 Å². The summed E-state index contributed by atoms with van der Waals surface area (Å²) in [5.74, 6) is -0.527. The molecule has 1 aromatic rings. The van der Waals surface area contributed by atoms with Crippen molar-refractivity contribution in [3.63, 3.8) is 0 Å². The molecule has 19 heavy (non-hydrogen) atoms. The molecule has 1 aromatic carbocycles. The number of ether oxygens (including phenoxy) is 1. The van der Waals surface area contributed by atoms with Gasteiger partial charge in [0, 0.05) is 20.1 Å². The van der Waals surface area contributed by atoms with Gasteiger partial charge in [-0.2, -0.15) is 0 Å². The van der Waals surface area contributed by atoms with Gasteiger partial charge < -0.3 is 15.2 Å². The van der Waals surface area contributed by atoms with Gasteiger partial charge in [-0.25, -0.2) is 4.39 Å². The molecule has 106 valence electrons. The number of hydrogen-bond donors (Lipinski definition) is 2. The molecule has 1 amide bonds. The Morgan fingerprint density at radius 2 is 2.16 bits per heavy atom. The molecule has 0 aliphatic carbocycles. The quantitative estimate of drug-likeness (QED) is 0.783. The minimum absolute atomic E-state index is 0.108. The molecular formula is C14H20FNO3. The monoisotopic (exact) mass is 269 g/mol. The fraction of sp³-hybridized carbons (Fsp3) is 0.500. The van der Waals surface area contributed by atoms with Crippen LogP contribution in [0.25, 0.3) is 0 Å². The largest absolute Gasteiger partial charge is 0.386 e. The first-order valence-electron chi connectivity index (χ1n) is 6.16. The maximum Gasteiger partial charge on any atom is 0.220 e. The highest BCUT2D eigenvalue weighted by molar-refractivity contribution is 5.76. The third kappa shape index (κ3) is 5.81. The first-order valence-corrected chi connectivity index (χ1v) is 6.16. The zero-order chi connectivity index (χ0) is 14.3. The molecule has 0 fully saturated rings. The van der Waals surface area contributed by atoms with E-state index in [0.717, 1.165) is 0 Å². The number of benzene rings is 1. The Morgan fingerprint density at radius 3 is 2.79 bits per heavy atom. The Bertz CT molecular complexity index is 421. The molecule has 1 rings (SSSR count). The van der Waals surface area contributed by atoms with Gasteiger partial charge in [0.1, 0.15) is 11.4 Å². The average Bonchev–Trinajstić information content (AvgIpc) is 2.35. The molecule has 5 heteroatoms. The average molecular weight is 269 g/mol. The minimum Gasteiger partial charge on any atom is -0.386 e. The number of amides is 1. The molecule has 1 atom stereocenters. The Labute approximate surface area is 112 Å². The van der Waals surface area contributed by atoms with Crippen LogP contribution in [0.4, 0.5) is 4.39 Å². The molecule has 0 unspecified atom stereocenters. The highest BCUT2D eigenvalue weighted by atomic mass is 19.1. The molecule has 0 aliphatic heterocycles. The third-order valence-corrected chi connectivity index (χ3v) is 2.70. The molecule has 0 saturated heterocycles. The number of aliphatic hydroxyl groups is 1. The van der Waals surface area contributed by atoms with Gasteiger partial charge in [-0.3, -0.25) is 4.79 Å². The van der Waals surface area contributed by atoms with E-state index in [-0.39, 0.29) is 31.3 Å². The molecule has 0 saturated carbocycles. The van der Waals surface area contributed by atoms with Crippen LogP contribution in [0.2, 0.25) is 0 Å². The van der Waals surface area contributed by atoms with Crippen molar-refractivity contribution in [2.45, 2.75) is 25.4 Å². The lowest BCUT2D eigenvalue weighted by atomic mass is 10.1. The van der Waals surface area contributed by atoms with Crippen molar-refractivity contribution in [2.75, 3.05) is 20.3 Å². The number of hydrogen-bond acceptors (Lipinski definition) is 3. The minimum atomic E-state index is -1.09. The summed E-state index contributed by atoms with van der Waals surface area (Å²) in [6, 6.07) is 6.38. The number of halogens is 1. The summed E-state index contributed by atoms with van der Waals surface area (Å²) in [7, 11) is 1.48. The molecule has 4 nitrogen and oxygen atoms in total. The second-order valence-electron chi connectivity index (χ2n) is 4.80. The van der Waals surface area contributed by atoms with Crippen LogP contribution in [0.1, 0.15) is 18.9 Å². The lowest BCUT2D eigenvalue weighted by molar-refractivity contribution is -0.122. The van der Waals surface area contributed by atoms with Crippen LogP contribution in [0.15, 0.2) is 24.3 Å². The summed E-state index contributed by atoms with van der Waals surface area (Å²) < 4.78 is 18.2. The lowest BCUT2D eigenvalue weighted by Gasteiger charge is -2.22. The van der Waals surface area contributed by atoms with Crippen LogP contribution < -0.4 is 5.32 Å². The number of carbonyl (C=O) groups is 1. The van der Waals surface area contributed by atoms with Gasteiger partial charge in [-0.15, -0.1) is 0 Å². The molecule has 0 aliphatic rings. The lowest BCUT2D eigenvalue weighted by Crippen LogP contribution is -2.43. The van der Waals surface area contributed by atoms with E-state index < -0.39 is 5.60 Å². The zero-order valence-electron chi connectivity index (χ0n) is 11.3. The fourth-order valence-electron chi connectivity index (χ4n) is 1.69. The van der Waals surface area contributed by atoms with Gasteiger partial charge in [0.05, 0.1) is 6.61 Å². The maximum absolute atomic E-state index is 13.3. The Kier molecular flexibility index (Phi) is 5.92. The highest BCUT2D eigenvalue weighted by Gasteiger charge is 2.20. The van der Waals surface area contributed by atoms with E-state index in [0.29, 0.717) is 12.0 Å². The summed E-state index contributed by atoms with van der Waals surface area (Å²) in [5.41, 5.74) is -0.580. The van der Waals surface area contributed by atoms with Crippen LogP contribution in [0.5, 0.6) is 0 Å². The van der Waals surface area contributed by atoms with Crippen LogP contribution in [0.3, 0.4) is 0 Å². The van der Waals surface area contributed by atoms with E-state index in [1.807, 2.05) is 0 Å². The summed E-state index contributed by atoms with van der Waals surface area (Å²) >= 11 is 0. The molecule has 0 spiro atoms. The van der Waals surface area contributed by atoms with Crippen molar-refractivity contribution in [3.05, 3.63) is 35.6 Å². The van der Waals surface area contributed by atoms with Crippen LogP contribution >= 0.6 is 0 Å². The predicted octanol–water partition coefficient (Wildman–Crippen LogP) is 1.27. The molecular weight excluding hydrogens is 249 g/mol. The Morgan fingerprint density at radius 1 is 1.47 bits per heavy atom. The summed E-state index contributed by atoms with van der Waals surface area (Å²) in [4.78, 5) is 11.6. The van der Waals surface area contributed by atoms with Crippen molar-refractivity contribution in [1.82, 2.24) is 5.32 Å². The SMILES string of the molecule is COC[C@@](C)(O)CNC(=O)CCc1ccccc1F. The zero-order valence-corrected chi connectivity index (χ0v) is 11.3. The number of carbonyl (C=O) groups excluding carboxylic acids is 1. The molecule has 0 radical (unpaired) electrons. The van der Waals surface area contributed by atoms with Gasteiger partial charge in [0.2, 0.25) is 5.91 Å². The number of nitrogens with one attached hydrogen (secondary N) is 1.